The average Bonchev–Trinajstić information content (AvgIpc) is 2.18. The molecular formula is C8H16N4O3. The molecule has 4 rings (SSSR count). The second-order valence-electron chi connectivity index (χ2n) is 5.09. The van der Waals surface area contributed by atoms with Gasteiger partial charge in [0.05, 0.1) is 0 Å². The summed E-state index contributed by atoms with van der Waals surface area (Å²) in [6, 6.07) is 0. The fourth-order valence-electron chi connectivity index (χ4n) is 3.16. The van der Waals surface area contributed by atoms with Gasteiger partial charge in [-0.3, -0.25) is 4.90 Å². The maximum Gasteiger partial charge on any atom is 0.134 e. The molecule has 0 amide bonds. The molecule has 4 aliphatic rings. The Kier molecular flexibility index (Phi) is 1.66. The second kappa shape index (κ2) is 2.51. The number of nitrogens with zero attached hydrogens (tertiary/aromatic N) is 4. The lowest BCUT2D eigenvalue weighted by molar-refractivity contribution is -0.508. The van der Waals surface area contributed by atoms with E-state index in [2.05, 4.69) is 4.90 Å². The van der Waals surface area contributed by atoms with Crippen LogP contribution < -0.4 is 0 Å². The quantitative estimate of drug-likeness (QED) is 0.487. The zero-order chi connectivity index (χ0) is 11.0. The Balaban J connectivity index is 2.10. The van der Waals surface area contributed by atoms with Gasteiger partial charge in [0.25, 0.3) is 0 Å². The van der Waals surface area contributed by atoms with Crippen LogP contribution in [0.4, 0.5) is 0 Å². The standard InChI is InChI=1S/C8H16N4O3/c1-7-4-9-3-6(10(7)13)11(14)8(2,5-9)12(7)15/h6,13-15H,3-5H2,1-2H3. The first-order valence-corrected chi connectivity index (χ1v) is 5.07. The van der Waals surface area contributed by atoms with Gasteiger partial charge in [0.2, 0.25) is 0 Å². The van der Waals surface area contributed by atoms with Gasteiger partial charge in [-0.15, -0.1) is 15.2 Å². The molecule has 0 aromatic heterocycles. The predicted molar refractivity (Wildman–Crippen MR) is 47.9 cm³/mol. The highest BCUT2D eigenvalue weighted by atomic mass is 16.6. The van der Waals surface area contributed by atoms with Gasteiger partial charge in [-0.2, -0.15) is 0 Å². The van der Waals surface area contributed by atoms with Crippen molar-refractivity contribution in [1.29, 1.82) is 0 Å². The van der Waals surface area contributed by atoms with Gasteiger partial charge in [0.1, 0.15) is 17.5 Å². The molecule has 4 bridgehead atoms. The van der Waals surface area contributed by atoms with Crippen molar-refractivity contribution in [3.05, 3.63) is 0 Å². The molecule has 7 nitrogen and oxygen atoms in total. The molecule has 0 saturated carbocycles. The highest BCUT2D eigenvalue weighted by Crippen LogP contribution is 2.44. The maximum absolute atomic E-state index is 10.1. The Bertz CT molecular complexity index is 290. The molecule has 2 atom stereocenters. The summed E-state index contributed by atoms with van der Waals surface area (Å²) < 4.78 is 0. The van der Waals surface area contributed by atoms with Crippen LogP contribution in [0.2, 0.25) is 0 Å². The predicted octanol–water partition coefficient (Wildman–Crippen LogP) is -0.839. The second-order valence-corrected chi connectivity index (χ2v) is 5.09. The van der Waals surface area contributed by atoms with E-state index >= 15 is 0 Å². The highest BCUT2D eigenvalue weighted by Gasteiger charge is 2.66. The van der Waals surface area contributed by atoms with Crippen molar-refractivity contribution < 1.29 is 15.6 Å². The van der Waals surface area contributed by atoms with Crippen molar-refractivity contribution >= 4 is 0 Å². The first-order chi connectivity index (χ1) is 6.89. The molecule has 86 valence electrons. The van der Waals surface area contributed by atoms with Crippen LogP contribution >= 0.6 is 0 Å². The molecule has 0 spiro atoms. The Morgan fingerprint density at radius 3 is 1.93 bits per heavy atom. The third kappa shape index (κ3) is 0.902. The van der Waals surface area contributed by atoms with Crippen LogP contribution in [0, 0.1) is 0 Å². The van der Waals surface area contributed by atoms with E-state index in [4.69, 9.17) is 0 Å². The number of hydrogen-bond donors (Lipinski definition) is 3. The van der Waals surface area contributed by atoms with Crippen molar-refractivity contribution in [2.24, 2.45) is 0 Å². The topological polar surface area (TPSA) is 73.7 Å². The van der Waals surface area contributed by atoms with Gasteiger partial charge in [-0.25, -0.2) is 0 Å². The SMILES string of the molecule is CC12CN3CC(N1O)N(O)C(C)(C3)N2O. The number of hydroxylamine groups is 6. The van der Waals surface area contributed by atoms with Gasteiger partial charge in [0.15, 0.2) is 0 Å². The van der Waals surface area contributed by atoms with Crippen molar-refractivity contribution in [1.82, 2.24) is 20.1 Å². The van der Waals surface area contributed by atoms with E-state index in [-0.39, 0.29) is 0 Å². The zero-order valence-corrected chi connectivity index (χ0v) is 8.83. The monoisotopic (exact) mass is 216 g/mol. The summed E-state index contributed by atoms with van der Waals surface area (Å²) in [5, 5.41) is 33.1. The highest BCUT2D eigenvalue weighted by molar-refractivity contribution is 5.08. The van der Waals surface area contributed by atoms with E-state index in [0.717, 1.165) is 15.2 Å². The van der Waals surface area contributed by atoms with E-state index in [1.807, 2.05) is 0 Å². The molecule has 0 aromatic rings. The van der Waals surface area contributed by atoms with Crippen LogP contribution in [0.25, 0.3) is 0 Å². The Morgan fingerprint density at radius 1 is 1.00 bits per heavy atom. The smallest absolute Gasteiger partial charge is 0.134 e. The molecule has 4 aliphatic heterocycles. The van der Waals surface area contributed by atoms with Gasteiger partial charge in [0, 0.05) is 19.6 Å². The van der Waals surface area contributed by atoms with Crippen LogP contribution in [0.15, 0.2) is 0 Å². The lowest BCUT2D eigenvalue weighted by atomic mass is 9.91. The van der Waals surface area contributed by atoms with E-state index in [1.165, 1.54) is 0 Å². The number of hydrogen-bond acceptors (Lipinski definition) is 7. The Labute approximate surface area is 87.6 Å². The van der Waals surface area contributed by atoms with Crippen molar-refractivity contribution in [2.75, 3.05) is 19.6 Å². The van der Waals surface area contributed by atoms with Crippen LogP contribution in [0.5, 0.6) is 0 Å². The molecule has 7 heteroatoms. The van der Waals surface area contributed by atoms with Crippen LogP contribution in [0.3, 0.4) is 0 Å². The third-order valence-corrected chi connectivity index (χ3v) is 3.93. The van der Waals surface area contributed by atoms with Gasteiger partial charge in [-0.05, 0) is 13.8 Å². The largest absolute Gasteiger partial charge is 0.310 e. The minimum Gasteiger partial charge on any atom is -0.310 e. The summed E-state index contributed by atoms with van der Waals surface area (Å²) in [5.74, 6) is 0. The average molecular weight is 216 g/mol. The van der Waals surface area contributed by atoms with E-state index < -0.39 is 17.5 Å². The van der Waals surface area contributed by atoms with Crippen molar-refractivity contribution in [3.8, 4) is 0 Å². The minimum atomic E-state index is -0.838. The molecule has 15 heavy (non-hydrogen) atoms. The van der Waals surface area contributed by atoms with Gasteiger partial charge < -0.3 is 15.6 Å². The molecule has 0 aliphatic carbocycles. The lowest BCUT2D eigenvalue weighted by Crippen LogP contribution is -2.90. The van der Waals surface area contributed by atoms with E-state index in [1.54, 1.807) is 13.8 Å². The molecule has 4 fully saturated rings. The molecular weight excluding hydrogens is 200 g/mol. The molecule has 4 saturated heterocycles. The first kappa shape index (κ1) is 9.91. The summed E-state index contributed by atoms with van der Waals surface area (Å²) >= 11 is 0. The van der Waals surface area contributed by atoms with E-state index in [0.29, 0.717) is 19.6 Å². The summed E-state index contributed by atoms with van der Waals surface area (Å²) in [6.45, 7) is 5.25. The number of piperazine rings is 3. The Hall–Kier alpha value is -0.280. The molecule has 0 radical (unpaired) electrons. The summed E-state index contributed by atoms with van der Waals surface area (Å²) in [5.41, 5.74) is -1.68. The third-order valence-electron chi connectivity index (χ3n) is 3.93. The van der Waals surface area contributed by atoms with Crippen molar-refractivity contribution in [3.63, 3.8) is 0 Å². The number of rotatable bonds is 0. The van der Waals surface area contributed by atoms with Crippen LogP contribution in [0.1, 0.15) is 13.8 Å². The molecule has 3 N–H and O–H groups in total. The summed E-state index contributed by atoms with van der Waals surface area (Å²) in [7, 11) is 0. The zero-order valence-electron chi connectivity index (χ0n) is 8.83. The lowest BCUT2D eigenvalue weighted by Gasteiger charge is -2.69. The van der Waals surface area contributed by atoms with Crippen LogP contribution in [-0.4, -0.2) is 72.8 Å². The normalized spacial score (nSPS) is 56.6. The van der Waals surface area contributed by atoms with Crippen LogP contribution in [-0.2, 0) is 0 Å². The summed E-state index contributed by atoms with van der Waals surface area (Å²) in [6.07, 6.45) is -0.467. The molecule has 0 aromatic carbocycles. The maximum atomic E-state index is 10.1. The van der Waals surface area contributed by atoms with Crippen molar-refractivity contribution in [2.45, 2.75) is 31.3 Å². The molecule has 2 unspecified atom stereocenters. The van der Waals surface area contributed by atoms with E-state index in [9.17, 15) is 15.6 Å². The first-order valence-electron chi connectivity index (χ1n) is 5.07. The fourth-order valence-corrected chi connectivity index (χ4v) is 3.16. The minimum absolute atomic E-state index is 0.467. The van der Waals surface area contributed by atoms with Gasteiger partial charge in [-0.1, -0.05) is 0 Å². The fraction of sp³-hybridized carbons (Fsp3) is 1.00. The van der Waals surface area contributed by atoms with Gasteiger partial charge >= 0.3 is 0 Å². The summed E-state index contributed by atoms with van der Waals surface area (Å²) in [4.78, 5) is 2.14. The Morgan fingerprint density at radius 2 is 1.47 bits per heavy atom. The molecule has 4 heterocycles.